The van der Waals surface area contributed by atoms with E-state index in [2.05, 4.69) is 15.5 Å². The number of nitrogens with one attached hydrogen (secondary N) is 1. The minimum absolute atomic E-state index is 0.0293. The summed E-state index contributed by atoms with van der Waals surface area (Å²) in [6.07, 6.45) is 4.33. The summed E-state index contributed by atoms with van der Waals surface area (Å²) >= 11 is 1.10. The van der Waals surface area contributed by atoms with Gasteiger partial charge in [0.15, 0.2) is 5.16 Å². The number of rotatable bonds is 9. The van der Waals surface area contributed by atoms with Gasteiger partial charge in [0.25, 0.3) is 17.2 Å². The van der Waals surface area contributed by atoms with Crippen molar-refractivity contribution in [3.8, 4) is 11.4 Å². The van der Waals surface area contributed by atoms with Gasteiger partial charge in [-0.25, -0.2) is 10.4 Å². The lowest BCUT2D eigenvalue weighted by atomic mass is 10.2. The number of ether oxygens (including phenoxy) is 1. The normalized spacial score (nSPS) is 11.3. The molecule has 0 fully saturated rings. The Morgan fingerprint density at radius 2 is 1.86 bits per heavy atom. The second kappa shape index (κ2) is 11.8. The largest absolute Gasteiger partial charge is 0.497 e. The Bertz CT molecular complexity index is 1560. The monoisotopic (exact) mass is 515 g/mol. The van der Waals surface area contributed by atoms with E-state index in [1.165, 1.54) is 29.0 Å². The minimum atomic E-state index is -0.470. The summed E-state index contributed by atoms with van der Waals surface area (Å²) < 4.78 is 6.66. The third kappa shape index (κ3) is 6.08. The van der Waals surface area contributed by atoms with Gasteiger partial charge in [0.2, 0.25) is 0 Å². The number of allylic oxidation sites excluding steroid dienone is 1. The van der Waals surface area contributed by atoms with E-state index in [9.17, 15) is 19.7 Å². The maximum atomic E-state index is 13.3. The van der Waals surface area contributed by atoms with Crippen molar-refractivity contribution in [2.45, 2.75) is 5.16 Å². The minimum Gasteiger partial charge on any atom is -0.497 e. The molecule has 0 atom stereocenters. The van der Waals surface area contributed by atoms with E-state index in [0.29, 0.717) is 33.1 Å². The van der Waals surface area contributed by atoms with Crippen molar-refractivity contribution in [1.29, 1.82) is 0 Å². The molecule has 1 amide bonds. The summed E-state index contributed by atoms with van der Waals surface area (Å²) in [5.41, 5.74) is 3.64. The van der Waals surface area contributed by atoms with Crippen molar-refractivity contribution in [2.75, 3.05) is 12.9 Å². The Kier molecular flexibility index (Phi) is 8.06. The molecule has 186 valence electrons. The number of nitro groups is 1. The van der Waals surface area contributed by atoms with E-state index in [-0.39, 0.29) is 17.0 Å². The number of methoxy groups -OCH3 is 1. The number of fused-ring (bicyclic) bond motifs is 1. The van der Waals surface area contributed by atoms with E-state index in [1.807, 2.05) is 0 Å². The van der Waals surface area contributed by atoms with Crippen LogP contribution < -0.4 is 15.7 Å². The highest BCUT2D eigenvalue weighted by molar-refractivity contribution is 7.99. The number of carbonyl (C=O) groups excluding carboxylic acids is 1. The number of benzene rings is 3. The molecule has 10 nitrogen and oxygen atoms in total. The predicted molar refractivity (Wildman–Crippen MR) is 143 cm³/mol. The summed E-state index contributed by atoms with van der Waals surface area (Å²) in [6, 6.07) is 20.3. The van der Waals surface area contributed by atoms with Gasteiger partial charge in [-0.2, -0.15) is 5.10 Å². The van der Waals surface area contributed by atoms with Gasteiger partial charge < -0.3 is 4.74 Å². The smallest absolute Gasteiger partial charge is 0.276 e. The van der Waals surface area contributed by atoms with Gasteiger partial charge in [-0.1, -0.05) is 36.0 Å². The van der Waals surface area contributed by atoms with Crippen LogP contribution in [0.15, 0.2) is 93.9 Å². The molecule has 4 rings (SSSR count). The summed E-state index contributed by atoms with van der Waals surface area (Å²) in [4.78, 5) is 40.9. The van der Waals surface area contributed by atoms with E-state index in [0.717, 1.165) is 11.8 Å². The predicted octanol–water partition coefficient (Wildman–Crippen LogP) is 4.21. The van der Waals surface area contributed by atoms with Crippen LogP contribution in [0.5, 0.6) is 5.75 Å². The quantitative estimate of drug-likeness (QED) is 0.116. The molecule has 1 N–H and O–H groups in total. The molecular formula is C26H21N5O5S. The number of carbonyl (C=O) groups is 1. The molecule has 0 bridgehead atoms. The van der Waals surface area contributed by atoms with E-state index in [4.69, 9.17) is 4.74 Å². The lowest BCUT2D eigenvalue weighted by Crippen LogP contribution is -2.24. The molecule has 0 aliphatic carbocycles. The topological polar surface area (TPSA) is 129 Å². The molecule has 4 aromatic rings. The van der Waals surface area contributed by atoms with Crippen molar-refractivity contribution < 1.29 is 14.5 Å². The maximum Gasteiger partial charge on any atom is 0.276 e. The molecule has 3 aromatic carbocycles. The number of hydrogen-bond donors (Lipinski definition) is 1. The highest BCUT2D eigenvalue weighted by Crippen LogP contribution is 2.23. The Hall–Kier alpha value is -4.77. The average Bonchev–Trinajstić information content (AvgIpc) is 2.92. The molecule has 1 aromatic heterocycles. The molecular weight excluding hydrogens is 494 g/mol. The number of para-hydroxylation sites is 2. The Morgan fingerprint density at radius 3 is 2.62 bits per heavy atom. The van der Waals surface area contributed by atoms with Gasteiger partial charge in [0, 0.05) is 12.3 Å². The first kappa shape index (κ1) is 25.3. The SMILES string of the molecule is COc1ccc(-n2c(SCC(=O)NN=CC=Cc3ccccc3[N+](=O)[O-])nc3ccccc3c2=O)cc1. The lowest BCUT2D eigenvalue weighted by molar-refractivity contribution is -0.385. The zero-order valence-electron chi connectivity index (χ0n) is 19.6. The van der Waals surface area contributed by atoms with E-state index < -0.39 is 10.8 Å². The van der Waals surface area contributed by atoms with Crippen molar-refractivity contribution in [1.82, 2.24) is 15.0 Å². The number of hydrazone groups is 1. The first-order chi connectivity index (χ1) is 18.0. The molecule has 0 spiro atoms. The van der Waals surface area contributed by atoms with Gasteiger partial charge in [0.1, 0.15) is 5.75 Å². The second-order valence-corrected chi connectivity index (χ2v) is 8.47. The Labute approximate surface area is 215 Å². The molecule has 1 heterocycles. The fraction of sp³-hybridized carbons (Fsp3) is 0.0769. The average molecular weight is 516 g/mol. The highest BCUT2D eigenvalue weighted by Gasteiger charge is 2.15. The molecule has 0 aliphatic rings. The van der Waals surface area contributed by atoms with Crippen molar-refractivity contribution in [3.63, 3.8) is 0 Å². The van der Waals surface area contributed by atoms with E-state index in [1.54, 1.807) is 73.8 Å². The van der Waals surface area contributed by atoms with Crippen molar-refractivity contribution in [3.05, 3.63) is 105 Å². The number of thioether (sulfide) groups is 1. The first-order valence-corrected chi connectivity index (χ1v) is 12.0. The molecule has 11 heteroatoms. The van der Waals surface area contributed by atoms with Crippen LogP contribution in [-0.2, 0) is 4.79 Å². The van der Waals surface area contributed by atoms with Crippen LogP contribution in [0, 0.1) is 10.1 Å². The third-order valence-electron chi connectivity index (χ3n) is 5.17. The van der Waals surface area contributed by atoms with E-state index >= 15 is 0 Å². The number of nitro benzene ring substituents is 1. The number of hydrogen-bond acceptors (Lipinski definition) is 8. The summed E-state index contributed by atoms with van der Waals surface area (Å²) in [5, 5.41) is 15.7. The fourth-order valence-corrected chi connectivity index (χ4v) is 4.23. The number of amides is 1. The Balaban J connectivity index is 1.48. The van der Waals surface area contributed by atoms with Crippen LogP contribution in [0.25, 0.3) is 22.7 Å². The summed E-state index contributed by atoms with van der Waals surface area (Å²) in [7, 11) is 1.56. The molecule has 37 heavy (non-hydrogen) atoms. The van der Waals surface area contributed by atoms with Gasteiger partial charge in [-0.05, 0) is 54.6 Å². The fourth-order valence-electron chi connectivity index (χ4n) is 3.42. The number of nitrogens with zero attached hydrogens (tertiary/aromatic N) is 4. The van der Waals surface area contributed by atoms with Crippen LogP contribution in [0.4, 0.5) is 5.69 Å². The standard InChI is InChI=1S/C26H21N5O5S/c1-36-20-14-12-19(13-15-20)30-25(33)21-9-3-4-10-22(21)28-26(30)37-17-24(32)29-27-16-6-8-18-7-2-5-11-23(18)31(34)35/h2-16H,17H2,1H3,(H,29,32). The van der Waals surface area contributed by atoms with Crippen LogP contribution >= 0.6 is 11.8 Å². The second-order valence-electron chi connectivity index (χ2n) is 7.53. The van der Waals surface area contributed by atoms with Crippen LogP contribution in [0.1, 0.15) is 5.56 Å². The van der Waals surface area contributed by atoms with Gasteiger partial charge in [-0.3, -0.25) is 24.3 Å². The van der Waals surface area contributed by atoms with Crippen molar-refractivity contribution in [2.24, 2.45) is 5.10 Å². The molecule has 0 saturated heterocycles. The maximum absolute atomic E-state index is 13.3. The lowest BCUT2D eigenvalue weighted by Gasteiger charge is -2.13. The van der Waals surface area contributed by atoms with Crippen molar-refractivity contribution >= 4 is 46.5 Å². The van der Waals surface area contributed by atoms with Gasteiger partial charge in [0.05, 0.1) is 39.9 Å². The highest BCUT2D eigenvalue weighted by atomic mass is 32.2. The molecule has 0 radical (unpaired) electrons. The first-order valence-electron chi connectivity index (χ1n) is 11.0. The number of aromatic nitrogens is 2. The van der Waals surface area contributed by atoms with Gasteiger partial charge in [-0.15, -0.1) is 0 Å². The van der Waals surface area contributed by atoms with Gasteiger partial charge >= 0.3 is 0 Å². The van der Waals surface area contributed by atoms with Crippen LogP contribution in [0.3, 0.4) is 0 Å². The summed E-state index contributed by atoms with van der Waals surface area (Å²) in [6.45, 7) is 0. The van der Waals surface area contributed by atoms with Crippen LogP contribution in [0.2, 0.25) is 0 Å². The molecule has 0 unspecified atom stereocenters. The molecule has 0 aliphatic heterocycles. The Morgan fingerprint density at radius 1 is 1.14 bits per heavy atom. The third-order valence-corrected chi connectivity index (χ3v) is 6.11. The summed E-state index contributed by atoms with van der Waals surface area (Å²) in [5.74, 6) is 0.184. The molecule has 0 saturated carbocycles. The zero-order valence-corrected chi connectivity index (χ0v) is 20.4. The van der Waals surface area contributed by atoms with Crippen LogP contribution in [-0.4, -0.2) is 39.5 Å². The zero-order chi connectivity index (χ0) is 26.2.